The van der Waals surface area contributed by atoms with Crippen LogP contribution in [0.5, 0.6) is 17.2 Å². The van der Waals surface area contributed by atoms with Crippen molar-refractivity contribution in [2.24, 2.45) is 0 Å². The summed E-state index contributed by atoms with van der Waals surface area (Å²) in [5.74, 6) is 1.49. The second-order valence-corrected chi connectivity index (χ2v) is 7.64. The highest BCUT2D eigenvalue weighted by molar-refractivity contribution is 5.78. The molecule has 3 aromatic rings. The number of carbonyl (C=O) groups excluding carboxylic acids is 1. The molecule has 6 heteroatoms. The van der Waals surface area contributed by atoms with Gasteiger partial charge in [-0.2, -0.15) is 5.26 Å². The van der Waals surface area contributed by atoms with Crippen LogP contribution in [0.15, 0.2) is 72.8 Å². The fraction of sp³-hybridized carbons (Fsp3) is 0.259. The maximum atomic E-state index is 13.3. The summed E-state index contributed by atoms with van der Waals surface area (Å²) >= 11 is 0. The fourth-order valence-corrected chi connectivity index (χ4v) is 3.65. The minimum atomic E-state index is -0.147. The molecule has 0 heterocycles. The van der Waals surface area contributed by atoms with Crippen molar-refractivity contribution in [2.75, 3.05) is 20.8 Å². The first-order valence-corrected chi connectivity index (χ1v) is 10.7. The Balaban J connectivity index is 1.78. The first-order chi connectivity index (χ1) is 16.0. The molecule has 0 saturated heterocycles. The molecule has 0 saturated carbocycles. The highest BCUT2D eigenvalue weighted by Gasteiger charge is 2.23. The van der Waals surface area contributed by atoms with Crippen LogP contribution in [0.1, 0.15) is 23.6 Å². The molecule has 0 aliphatic carbocycles. The second-order valence-electron chi connectivity index (χ2n) is 7.64. The average Bonchev–Trinajstić information content (AvgIpc) is 2.86. The van der Waals surface area contributed by atoms with Crippen molar-refractivity contribution in [3.8, 4) is 23.3 Å². The minimum absolute atomic E-state index is 0.0968. The number of hydrogen-bond donors (Lipinski definition) is 0. The molecule has 3 rings (SSSR count). The number of benzene rings is 3. The predicted molar refractivity (Wildman–Crippen MR) is 126 cm³/mol. The molecule has 0 N–H and O–H groups in total. The maximum absolute atomic E-state index is 13.3. The van der Waals surface area contributed by atoms with Gasteiger partial charge in [-0.15, -0.1) is 0 Å². The molecule has 0 bridgehead atoms. The van der Waals surface area contributed by atoms with E-state index in [1.54, 1.807) is 25.3 Å². The molecule has 0 spiro atoms. The van der Waals surface area contributed by atoms with Crippen molar-refractivity contribution in [3.63, 3.8) is 0 Å². The summed E-state index contributed by atoms with van der Waals surface area (Å²) in [6.45, 7) is 2.34. The topological polar surface area (TPSA) is 71.8 Å². The summed E-state index contributed by atoms with van der Waals surface area (Å²) in [4.78, 5) is 15.1. The molecule has 170 valence electrons. The van der Waals surface area contributed by atoms with Gasteiger partial charge in [-0.3, -0.25) is 4.79 Å². The first kappa shape index (κ1) is 23.7. The van der Waals surface area contributed by atoms with Gasteiger partial charge in [-0.25, -0.2) is 0 Å². The number of hydrogen-bond acceptors (Lipinski definition) is 5. The van der Waals surface area contributed by atoms with Crippen LogP contribution >= 0.6 is 0 Å². The zero-order valence-corrected chi connectivity index (χ0v) is 19.2. The van der Waals surface area contributed by atoms with E-state index in [1.807, 2.05) is 66.4 Å². The smallest absolute Gasteiger partial charge is 0.261 e. The summed E-state index contributed by atoms with van der Waals surface area (Å²) in [5, 5.41) is 9.08. The normalized spacial score (nSPS) is 11.2. The van der Waals surface area contributed by atoms with E-state index in [2.05, 4.69) is 6.07 Å². The molecule has 6 nitrogen and oxygen atoms in total. The molecule has 0 radical (unpaired) electrons. The number of amides is 1. The second kappa shape index (κ2) is 11.6. The number of para-hydroxylation sites is 1. The van der Waals surface area contributed by atoms with Crippen LogP contribution in [0, 0.1) is 11.3 Å². The van der Waals surface area contributed by atoms with E-state index in [9.17, 15) is 4.79 Å². The van der Waals surface area contributed by atoms with Crippen molar-refractivity contribution >= 4 is 5.91 Å². The largest absolute Gasteiger partial charge is 0.496 e. The number of rotatable bonds is 10. The number of methoxy groups -OCH3 is 2. The van der Waals surface area contributed by atoms with Crippen molar-refractivity contribution < 1.29 is 19.0 Å². The number of nitriles is 1. The summed E-state index contributed by atoms with van der Waals surface area (Å²) in [6.07, 6.45) is 0.642. The highest BCUT2D eigenvalue weighted by atomic mass is 16.5. The van der Waals surface area contributed by atoms with Crippen LogP contribution in [0.2, 0.25) is 0 Å². The van der Waals surface area contributed by atoms with E-state index in [0.717, 1.165) is 16.9 Å². The van der Waals surface area contributed by atoms with Crippen LogP contribution in [-0.4, -0.2) is 37.7 Å². The Morgan fingerprint density at radius 1 is 0.939 bits per heavy atom. The Labute approximate surface area is 194 Å². The molecule has 0 aromatic heterocycles. The standard InChI is InChI=1S/C27H28N2O4/c1-20(15-23-11-7-8-12-24(23)31-2)29(18-21-9-5-4-6-10-21)27(30)19-33-25-14-13-22(17-28)16-26(25)32-3/h4-14,16,20H,15,18-19H2,1-3H3. The Bertz CT molecular complexity index is 1110. The van der Waals surface area contributed by atoms with Gasteiger partial charge >= 0.3 is 0 Å². The molecule has 1 unspecified atom stereocenters. The van der Waals surface area contributed by atoms with Gasteiger partial charge in [0.1, 0.15) is 5.75 Å². The average molecular weight is 445 g/mol. The van der Waals surface area contributed by atoms with Gasteiger partial charge < -0.3 is 19.1 Å². The van der Waals surface area contributed by atoms with Crippen molar-refractivity contribution in [2.45, 2.75) is 25.9 Å². The molecule has 3 aromatic carbocycles. The summed E-state index contributed by atoms with van der Waals surface area (Å²) in [5.41, 5.74) is 2.53. The monoisotopic (exact) mass is 444 g/mol. The third kappa shape index (κ3) is 6.27. The third-order valence-corrected chi connectivity index (χ3v) is 5.40. The lowest BCUT2D eigenvalue weighted by Crippen LogP contribution is -2.42. The number of carbonyl (C=O) groups is 1. The van der Waals surface area contributed by atoms with Crippen LogP contribution in [-0.2, 0) is 17.8 Å². The van der Waals surface area contributed by atoms with Gasteiger partial charge in [-0.1, -0.05) is 48.5 Å². The Morgan fingerprint density at radius 3 is 2.33 bits per heavy atom. The van der Waals surface area contributed by atoms with Gasteiger partial charge in [0, 0.05) is 18.7 Å². The predicted octanol–water partition coefficient (Wildman–Crippen LogP) is 4.61. The molecular weight excluding hydrogens is 416 g/mol. The van der Waals surface area contributed by atoms with Crippen molar-refractivity contribution in [1.82, 2.24) is 4.90 Å². The SMILES string of the molecule is COc1ccccc1CC(C)N(Cc1ccccc1)C(=O)COc1ccc(C#N)cc1OC. The van der Waals surface area contributed by atoms with E-state index in [0.29, 0.717) is 30.0 Å². The third-order valence-electron chi connectivity index (χ3n) is 5.40. The van der Waals surface area contributed by atoms with Crippen LogP contribution in [0.3, 0.4) is 0 Å². The number of ether oxygens (including phenoxy) is 3. The molecule has 1 atom stereocenters. The van der Waals surface area contributed by atoms with Crippen LogP contribution < -0.4 is 14.2 Å². The van der Waals surface area contributed by atoms with E-state index < -0.39 is 0 Å². The van der Waals surface area contributed by atoms with Gasteiger partial charge in [0.2, 0.25) is 0 Å². The van der Waals surface area contributed by atoms with E-state index in [4.69, 9.17) is 19.5 Å². The first-order valence-electron chi connectivity index (χ1n) is 10.7. The summed E-state index contributed by atoms with van der Waals surface area (Å²) < 4.78 is 16.6. The van der Waals surface area contributed by atoms with Crippen molar-refractivity contribution in [1.29, 1.82) is 5.26 Å². The van der Waals surface area contributed by atoms with Gasteiger partial charge in [0.25, 0.3) is 5.91 Å². The molecule has 0 aliphatic rings. The summed E-state index contributed by atoms with van der Waals surface area (Å²) in [6, 6.07) is 24.5. The van der Waals surface area contributed by atoms with Crippen LogP contribution in [0.25, 0.3) is 0 Å². The highest BCUT2D eigenvalue weighted by Crippen LogP contribution is 2.28. The Morgan fingerprint density at radius 2 is 1.64 bits per heavy atom. The molecular formula is C27H28N2O4. The molecule has 33 heavy (non-hydrogen) atoms. The Kier molecular flexibility index (Phi) is 8.31. The molecule has 1 amide bonds. The minimum Gasteiger partial charge on any atom is -0.496 e. The van der Waals surface area contributed by atoms with Gasteiger partial charge in [-0.05, 0) is 42.7 Å². The van der Waals surface area contributed by atoms with E-state index in [1.165, 1.54) is 7.11 Å². The summed E-state index contributed by atoms with van der Waals surface area (Å²) in [7, 11) is 3.15. The van der Waals surface area contributed by atoms with Crippen LogP contribution in [0.4, 0.5) is 0 Å². The van der Waals surface area contributed by atoms with Gasteiger partial charge in [0.05, 0.1) is 25.9 Å². The lowest BCUT2D eigenvalue weighted by molar-refractivity contribution is -0.136. The lowest BCUT2D eigenvalue weighted by atomic mass is 10.0. The van der Waals surface area contributed by atoms with E-state index in [-0.39, 0.29) is 18.6 Å². The van der Waals surface area contributed by atoms with Gasteiger partial charge in [0.15, 0.2) is 18.1 Å². The quantitative estimate of drug-likeness (QED) is 0.457. The molecule has 0 aliphatic heterocycles. The zero-order chi connectivity index (χ0) is 23.6. The molecule has 0 fully saturated rings. The maximum Gasteiger partial charge on any atom is 0.261 e. The lowest BCUT2D eigenvalue weighted by Gasteiger charge is -2.30. The zero-order valence-electron chi connectivity index (χ0n) is 19.2. The van der Waals surface area contributed by atoms with Crippen molar-refractivity contribution in [3.05, 3.63) is 89.5 Å². The van der Waals surface area contributed by atoms with E-state index >= 15 is 0 Å². The fourth-order valence-electron chi connectivity index (χ4n) is 3.65. The Hall–Kier alpha value is -3.98. The number of nitrogens with zero attached hydrogens (tertiary/aromatic N) is 2.